The number of carbonyl (C=O) groups excluding carboxylic acids is 2. The van der Waals surface area contributed by atoms with Crippen LogP contribution < -0.4 is 10.6 Å². The molecule has 0 saturated carbocycles. The Morgan fingerprint density at radius 2 is 1.92 bits per heavy atom. The molecule has 0 radical (unpaired) electrons. The summed E-state index contributed by atoms with van der Waals surface area (Å²) < 4.78 is 0. The predicted octanol–water partition coefficient (Wildman–Crippen LogP) is 4.04. The fourth-order valence-electron chi connectivity index (χ4n) is 2.28. The number of nitrogens with one attached hydrogen (secondary N) is 2. The first kappa shape index (κ1) is 18.8. The Kier molecular flexibility index (Phi) is 7.29. The Morgan fingerprint density at radius 1 is 1.16 bits per heavy atom. The summed E-state index contributed by atoms with van der Waals surface area (Å²) in [4.78, 5) is 24.1. The molecule has 0 saturated heterocycles. The molecule has 2 rings (SSSR count). The predicted molar refractivity (Wildman–Crippen MR) is 105 cm³/mol. The Hall–Kier alpha value is -2.53. The van der Waals surface area contributed by atoms with E-state index in [-0.39, 0.29) is 17.9 Å². The van der Waals surface area contributed by atoms with Crippen LogP contribution in [0.1, 0.15) is 28.9 Å². The molecular weight excluding hydrogens is 332 g/mol. The van der Waals surface area contributed by atoms with E-state index in [1.165, 1.54) is 11.8 Å². The van der Waals surface area contributed by atoms with Gasteiger partial charge in [0.1, 0.15) is 0 Å². The molecule has 2 aromatic rings. The quantitative estimate of drug-likeness (QED) is 0.556. The lowest BCUT2D eigenvalue weighted by Gasteiger charge is -2.15. The van der Waals surface area contributed by atoms with Crippen LogP contribution in [0.25, 0.3) is 0 Å². The Labute approximate surface area is 152 Å². The first-order chi connectivity index (χ1) is 12.1. The zero-order chi connectivity index (χ0) is 18.1. The molecule has 0 aliphatic rings. The van der Waals surface area contributed by atoms with E-state index in [2.05, 4.69) is 17.2 Å². The van der Waals surface area contributed by atoms with Crippen molar-refractivity contribution in [2.24, 2.45) is 0 Å². The highest BCUT2D eigenvalue weighted by atomic mass is 32.2. The Morgan fingerprint density at radius 3 is 2.64 bits per heavy atom. The molecular formula is C20H22N2O2S. The van der Waals surface area contributed by atoms with E-state index in [1.54, 1.807) is 18.2 Å². The van der Waals surface area contributed by atoms with Crippen molar-refractivity contribution in [3.63, 3.8) is 0 Å². The van der Waals surface area contributed by atoms with Crippen LogP contribution in [0.15, 0.2) is 67.3 Å². The lowest BCUT2D eigenvalue weighted by atomic mass is 10.1. The third-order valence-corrected chi connectivity index (χ3v) is 4.46. The van der Waals surface area contributed by atoms with Crippen LogP contribution in [0.4, 0.5) is 5.69 Å². The zero-order valence-corrected chi connectivity index (χ0v) is 15.0. The molecule has 0 spiro atoms. The van der Waals surface area contributed by atoms with E-state index in [0.717, 1.165) is 11.3 Å². The normalized spacial score (nSPS) is 11.4. The highest BCUT2D eigenvalue weighted by molar-refractivity contribution is 8.00. The smallest absolute Gasteiger partial charge is 0.255 e. The summed E-state index contributed by atoms with van der Waals surface area (Å²) in [5, 5.41) is 5.84. The standard InChI is InChI=1S/C20H22N2O2S/c1-3-12-25-14-19(23)21-15(2)17-10-7-11-18(13-17)22-20(24)16-8-5-4-6-9-16/h3-11,13,15H,1,12,14H2,2H3,(H,21,23)(H,22,24). The highest BCUT2D eigenvalue weighted by Crippen LogP contribution is 2.18. The van der Waals surface area contributed by atoms with E-state index in [4.69, 9.17) is 0 Å². The third kappa shape index (κ3) is 6.12. The summed E-state index contributed by atoms with van der Waals surface area (Å²) in [7, 11) is 0. The summed E-state index contributed by atoms with van der Waals surface area (Å²) in [6.07, 6.45) is 1.78. The van der Waals surface area contributed by atoms with E-state index < -0.39 is 0 Å². The number of anilines is 1. The first-order valence-electron chi connectivity index (χ1n) is 8.04. The molecule has 2 amide bonds. The second-order valence-electron chi connectivity index (χ2n) is 5.54. The summed E-state index contributed by atoms with van der Waals surface area (Å²) in [5.41, 5.74) is 2.25. The molecule has 0 fully saturated rings. The zero-order valence-electron chi connectivity index (χ0n) is 14.2. The van der Waals surface area contributed by atoms with E-state index in [9.17, 15) is 9.59 Å². The van der Waals surface area contributed by atoms with Gasteiger partial charge in [0.15, 0.2) is 0 Å². The maximum atomic E-state index is 12.2. The minimum atomic E-state index is -0.157. The van der Waals surface area contributed by atoms with Crippen LogP contribution in [0.5, 0.6) is 0 Å². The molecule has 0 heterocycles. The van der Waals surface area contributed by atoms with Crippen molar-refractivity contribution < 1.29 is 9.59 Å². The number of benzene rings is 2. The van der Waals surface area contributed by atoms with Crippen LogP contribution in [0.3, 0.4) is 0 Å². The van der Waals surface area contributed by atoms with Gasteiger partial charge in [-0.2, -0.15) is 0 Å². The SMILES string of the molecule is C=CCSCC(=O)NC(C)c1cccc(NC(=O)c2ccccc2)c1. The largest absolute Gasteiger partial charge is 0.349 e. The Bertz CT molecular complexity index is 731. The van der Waals surface area contributed by atoms with Crippen molar-refractivity contribution in [2.75, 3.05) is 16.8 Å². The number of amides is 2. The number of hydrogen-bond donors (Lipinski definition) is 2. The summed E-state index contributed by atoms with van der Waals surface area (Å²) in [6.45, 7) is 5.56. The second kappa shape index (κ2) is 9.69. The minimum absolute atomic E-state index is 0.0157. The monoisotopic (exact) mass is 354 g/mol. The van der Waals surface area contributed by atoms with Crippen LogP contribution in [-0.2, 0) is 4.79 Å². The van der Waals surface area contributed by atoms with Gasteiger partial charge in [-0.15, -0.1) is 18.3 Å². The number of rotatable bonds is 8. The molecule has 130 valence electrons. The average Bonchev–Trinajstić information content (AvgIpc) is 2.63. The molecule has 2 N–H and O–H groups in total. The van der Waals surface area contributed by atoms with E-state index >= 15 is 0 Å². The minimum Gasteiger partial charge on any atom is -0.349 e. The summed E-state index contributed by atoms with van der Waals surface area (Å²) in [6, 6.07) is 16.4. The molecule has 5 heteroatoms. The second-order valence-corrected chi connectivity index (χ2v) is 6.57. The topological polar surface area (TPSA) is 58.2 Å². The van der Waals surface area contributed by atoms with Gasteiger partial charge in [-0.05, 0) is 36.8 Å². The lowest BCUT2D eigenvalue weighted by Crippen LogP contribution is -2.28. The summed E-state index contributed by atoms with van der Waals surface area (Å²) in [5.74, 6) is 0.984. The van der Waals surface area contributed by atoms with Crippen molar-refractivity contribution in [3.05, 3.63) is 78.4 Å². The molecule has 1 unspecified atom stereocenters. The number of carbonyl (C=O) groups is 2. The van der Waals surface area contributed by atoms with E-state index in [0.29, 0.717) is 17.0 Å². The molecule has 0 bridgehead atoms. The maximum Gasteiger partial charge on any atom is 0.255 e. The van der Waals surface area contributed by atoms with Crippen LogP contribution in [0.2, 0.25) is 0 Å². The fraction of sp³-hybridized carbons (Fsp3) is 0.200. The molecule has 0 aliphatic carbocycles. The van der Waals surface area contributed by atoms with Gasteiger partial charge in [0, 0.05) is 17.0 Å². The summed E-state index contributed by atoms with van der Waals surface area (Å²) >= 11 is 1.52. The van der Waals surface area contributed by atoms with Gasteiger partial charge in [-0.1, -0.05) is 36.4 Å². The van der Waals surface area contributed by atoms with Gasteiger partial charge in [0.25, 0.3) is 5.91 Å². The number of hydrogen-bond acceptors (Lipinski definition) is 3. The van der Waals surface area contributed by atoms with Crippen molar-refractivity contribution >= 4 is 29.3 Å². The fourth-order valence-corrected chi connectivity index (χ4v) is 2.83. The van der Waals surface area contributed by atoms with Crippen molar-refractivity contribution in [1.82, 2.24) is 5.32 Å². The molecule has 0 aromatic heterocycles. The third-order valence-electron chi connectivity index (χ3n) is 3.53. The van der Waals surface area contributed by atoms with Crippen LogP contribution in [0, 0.1) is 0 Å². The average molecular weight is 354 g/mol. The molecule has 4 nitrogen and oxygen atoms in total. The van der Waals surface area contributed by atoms with Crippen LogP contribution >= 0.6 is 11.8 Å². The molecule has 1 atom stereocenters. The first-order valence-corrected chi connectivity index (χ1v) is 9.20. The highest BCUT2D eigenvalue weighted by Gasteiger charge is 2.11. The maximum absolute atomic E-state index is 12.2. The van der Waals surface area contributed by atoms with Crippen molar-refractivity contribution in [3.8, 4) is 0 Å². The van der Waals surface area contributed by atoms with E-state index in [1.807, 2.05) is 49.4 Å². The van der Waals surface area contributed by atoms with Crippen molar-refractivity contribution in [2.45, 2.75) is 13.0 Å². The van der Waals surface area contributed by atoms with Crippen molar-refractivity contribution in [1.29, 1.82) is 0 Å². The lowest BCUT2D eigenvalue weighted by molar-refractivity contribution is -0.119. The molecule has 25 heavy (non-hydrogen) atoms. The van der Waals surface area contributed by atoms with Crippen LogP contribution in [-0.4, -0.2) is 23.3 Å². The van der Waals surface area contributed by atoms with Gasteiger partial charge >= 0.3 is 0 Å². The van der Waals surface area contributed by atoms with Gasteiger partial charge in [0.2, 0.25) is 5.91 Å². The Balaban J connectivity index is 1.97. The van der Waals surface area contributed by atoms with Gasteiger partial charge < -0.3 is 10.6 Å². The van der Waals surface area contributed by atoms with Gasteiger partial charge in [-0.25, -0.2) is 0 Å². The molecule has 2 aromatic carbocycles. The van der Waals surface area contributed by atoms with Gasteiger partial charge in [0.05, 0.1) is 11.8 Å². The molecule has 0 aliphatic heterocycles. The van der Waals surface area contributed by atoms with Gasteiger partial charge in [-0.3, -0.25) is 9.59 Å². The number of thioether (sulfide) groups is 1.